The molecule has 0 heterocycles. The maximum Gasteiger partial charge on any atom is 0.150 e. The van der Waals surface area contributed by atoms with E-state index in [1.165, 1.54) is 0 Å². The maximum absolute atomic E-state index is 10.2. The van der Waals surface area contributed by atoms with Gasteiger partial charge in [0.2, 0.25) is 0 Å². The van der Waals surface area contributed by atoms with E-state index in [-0.39, 0.29) is 0 Å². The maximum atomic E-state index is 10.2. The van der Waals surface area contributed by atoms with Crippen LogP contribution in [0.3, 0.4) is 0 Å². The van der Waals surface area contributed by atoms with E-state index in [0.29, 0.717) is 0 Å². The molecule has 0 amide bonds. The second kappa shape index (κ2) is 2.96. The van der Waals surface area contributed by atoms with Gasteiger partial charge in [0.05, 0.1) is 0 Å². The molecule has 0 aliphatic rings. The van der Waals surface area contributed by atoms with E-state index in [9.17, 15) is 4.79 Å². The minimum atomic E-state index is 0.738. The highest BCUT2D eigenvalue weighted by molar-refractivity contribution is 14.1. The van der Waals surface area contributed by atoms with Gasteiger partial charge in [-0.15, -0.1) is 0 Å². The number of benzene rings is 1. The van der Waals surface area contributed by atoms with Crippen LogP contribution in [0.4, 0.5) is 0 Å². The molecule has 0 N–H and O–H groups in total. The topological polar surface area (TPSA) is 17.1 Å². The summed E-state index contributed by atoms with van der Waals surface area (Å²) < 4.78 is 1.09. The van der Waals surface area contributed by atoms with E-state index in [2.05, 4.69) is 22.6 Å². The third-order valence-corrected chi connectivity index (χ3v) is 1.66. The van der Waals surface area contributed by atoms with Crippen molar-refractivity contribution in [1.82, 2.24) is 0 Å². The van der Waals surface area contributed by atoms with Crippen LogP contribution < -0.4 is 0 Å². The molecule has 0 spiro atoms. The molecule has 0 saturated heterocycles. The lowest BCUT2D eigenvalue weighted by atomic mass is 11.0. The Morgan fingerprint density at radius 3 is 2.67 bits per heavy atom. The van der Waals surface area contributed by atoms with Gasteiger partial charge in [0, 0.05) is 9.13 Å². The zero-order valence-electron chi connectivity index (χ0n) is 4.67. The molecular weight excluding hydrogens is 233 g/mol. The Morgan fingerprint density at radius 1 is 1.44 bits per heavy atom. The van der Waals surface area contributed by atoms with Crippen molar-refractivity contribution in [3.8, 4) is 0 Å². The fraction of sp³-hybridized carbons (Fsp3) is 0. The molecule has 0 radical (unpaired) electrons. The smallest absolute Gasteiger partial charge is 0.150 e. The molecule has 0 fully saturated rings. The summed E-state index contributed by atoms with van der Waals surface area (Å²) in [5, 5.41) is 0. The number of halogens is 1. The summed E-state index contributed by atoms with van der Waals surface area (Å²) in [7, 11) is 0. The van der Waals surface area contributed by atoms with Crippen LogP contribution in [0.1, 0.15) is 10.4 Å². The minimum absolute atomic E-state index is 0.738. The van der Waals surface area contributed by atoms with Crippen molar-refractivity contribution < 1.29 is 4.79 Å². The number of hydrogen-bond donors (Lipinski definition) is 0. The average molecular weight is 238 g/mol. The summed E-state index contributed by atoms with van der Waals surface area (Å²) in [6.07, 6.45) is 0.849. The van der Waals surface area contributed by atoms with Gasteiger partial charge in [0.1, 0.15) is 6.29 Å². The molecular formula is C7H5IO. The summed E-state index contributed by atoms with van der Waals surface area (Å²) in [5.41, 5.74) is 0.738. The monoisotopic (exact) mass is 238 g/mol. The van der Waals surface area contributed by atoms with Crippen molar-refractivity contribution in [2.75, 3.05) is 0 Å². The molecule has 0 unspecified atom stereocenters. The van der Waals surface area contributed by atoms with Gasteiger partial charge in [-0.1, -0.05) is 12.1 Å². The zero-order chi connectivity index (χ0) is 6.69. The number of aldehydes is 1. The molecule has 0 atom stereocenters. The lowest BCUT2D eigenvalue weighted by Crippen LogP contribution is -1.77. The first kappa shape index (κ1) is 6.74. The molecule has 0 aromatic heterocycles. The standard InChI is InChI=1S/C7H5IO/c8-7-3-1-2-6(4-7)5-9/h1-5H/i1+1,2+1,3+1,4+1,6+1,7+1. The summed E-state index contributed by atoms with van der Waals surface area (Å²) in [5.74, 6) is 0. The fourth-order valence-corrected chi connectivity index (χ4v) is 1.15. The Kier molecular flexibility index (Phi) is 2.22. The average Bonchev–Trinajstić information content (AvgIpc) is 1.88. The van der Waals surface area contributed by atoms with Crippen LogP contribution >= 0.6 is 22.6 Å². The fourth-order valence-electron chi connectivity index (χ4n) is 0.580. The van der Waals surface area contributed by atoms with E-state index < -0.39 is 0 Å². The first-order valence-electron chi connectivity index (χ1n) is 2.53. The Hall–Kier alpha value is -0.380. The molecule has 1 aromatic carbocycles. The molecule has 1 nitrogen and oxygen atoms in total. The molecule has 46 valence electrons. The van der Waals surface area contributed by atoms with Crippen molar-refractivity contribution in [1.29, 1.82) is 0 Å². The van der Waals surface area contributed by atoms with E-state index in [1.54, 1.807) is 6.07 Å². The van der Waals surface area contributed by atoms with Gasteiger partial charge < -0.3 is 0 Å². The summed E-state index contributed by atoms with van der Waals surface area (Å²) in [6.45, 7) is 0. The Bertz CT molecular complexity index is 220. The Balaban J connectivity index is 3.07. The zero-order valence-corrected chi connectivity index (χ0v) is 6.83. The predicted molar refractivity (Wildman–Crippen MR) is 44.5 cm³/mol. The van der Waals surface area contributed by atoms with Crippen molar-refractivity contribution in [3.63, 3.8) is 0 Å². The first-order chi connectivity index (χ1) is 4.33. The van der Waals surface area contributed by atoms with E-state index in [4.69, 9.17) is 0 Å². The Morgan fingerprint density at radius 2 is 2.22 bits per heavy atom. The third-order valence-electron chi connectivity index (χ3n) is 0.985. The number of carbonyl (C=O) groups excluding carboxylic acids is 1. The van der Waals surface area contributed by atoms with Gasteiger partial charge in [-0.25, -0.2) is 0 Å². The van der Waals surface area contributed by atoms with Crippen LogP contribution in [0.15, 0.2) is 24.3 Å². The molecule has 1 rings (SSSR count). The van der Waals surface area contributed by atoms with Crippen LogP contribution in [-0.4, -0.2) is 6.29 Å². The molecule has 1 aromatic rings. The van der Waals surface area contributed by atoms with Crippen LogP contribution in [0.5, 0.6) is 0 Å². The van der Waals surface area contributed by atoms with Gasteiger partial charge in [0.15, 0.2) is 0 Å². The molecule has 9 heavy (non-hydrogen) atoms. The minimum Gasteiger partial charge on any atom is -0.298 e. The molecule has 0 aliphatic heterocycles. The predicted octanol–water partition coefficient (Wildman–Crippen LogP) is 2.10. The highest BCUT2D eigenvalue weighted by atomic mass is 127. The van der Waals surface area contributed by atoms with Gasteiger partial charge >= 0.3 is 0 Å². The van der Waals surface area contributed by atoms with Gasteiger partial charge in [-0.05, 0) is 34.7 Å². The second-order valence-electron chi connectivity index (χ2n) is 1.67. The van der Waals surface area contributed by atoms with Gasteiger partial charge in [-0.3, -0.25) is 4.79 Å². The second-order valence-corrected chi connectivity index (χ2v) is 2.92. The van der Waals surface area contributed by atoms with Gasteiger partial charge in [0.25, 0.3) is 0 Å². The van der Waals surface area contributed by atoms with Crippen molar-refractivity contribution in [3.05, 3.63) is 33.4 Å². The molecule has 0 bridgehead atoms. The van der Waals surface area contributed by atoms with E-state index >= 15 is 0 Å². The van der Waals surface area contributed by atoms with Crippen molar-refractivity contribution >= 4 is 28.9 Å². The summed E-state index contributed by atoms with van der Waals surface area (Å²) >= 11 is 2.17. The summed E-state index contributed by atoms with van der Waals surface area (Å²) in [6, 6.07) is 7.45. The van der Waals surface area contributed by atoms with Crippen molar-refractivity contribution in [2.24, 2.45) is 0 Å². The van der Waals surface area contributed by atoms with Crippen molar-refractivity contribution in [2.45, 2.75) is 0 Å². The van der Waals surface area contributed by atoms with E-state index in [0.717, 1.165) is 15.4 Å². The third kappa shape index (κ3) is 1.78. The first-order valence-corrected chi connectivity index (χ1v) is 3.61. The largest absolute Gasteiger partial charge is 0.298 e. The van der Waals surface area contributed by atoms with E-state index in [1.807, 2.05) is 18.2 Å². The quantitative estimate of drug-likeness (QED) is 0.540. The highest BCUT2D eigenvalue weighted by Crippen LogP contribution is 2.04. The number of carbonyl (C=O) groups is 1. The van der Waals surface area contributed by atoms with Crippen LogP contribution in [-0.2, 0) is 0 Å². The molecule has 2 heteroatoms. The van der Waals surface area contributed by atoms with Crippen LogP contribution in [0.2, 0.25) is 0 Å². The van der Waals surface area contributed by atoms with Crippen LogP contribution in [0, 0.1) is 3.57 Å². The highest BCUT2D eigenvalue weighted by Gasteiger charge is 1.87. The number of rotatable bonds is 1. The number of hydrogen-bond acceptors (Lipinski definition) is 1. The lowest BCUT2D eigenvalue weighted by Gasteiger charge is -1.88. The summed E-state index contributed by atoms with van der Waals surface area (Å²) in [4.78, 5) is 10.2. The Labute approximate surface area is 67.2 Å². The van der Waals surface area contributed by atoms with Gasteiger partial charge in [-0.2, -0.15) is 0 Å². The molecule has 0 saturated carbocycles. The van der Waals surface area contributed by atoms with Crippen LogP contribution in [0.25, 0.3) is 0 Å². The lowest BCUT2D eigenvalue weighted by molar-refractivity contribution is 0.112. The molecule has 0 aliphatic carbocycles. The SMILES string of the molecule is O=C[13c]1[13cH][13cH][13cH][13c](I)[13cH]1. The normalized spacial score (nSPS) is 9.00.